The Morgan fingerprint density at radius 2 is 1.91 bits per heavy atom. The van der Waals surface area contributed by atoms with Gasteiger partial charge in [-0.05, 0) is 63.5 Å². The third kappa shape index (κ3) is 3.30. The van der Waals surface area contributed by atoms with Gasteiger partial charge in [0.15, 0.2) is 0 Å². The average molecular weight is 300 g/mol. The lowest BCUT2D eigenvalue weighted by atomic mass is 10.1. The number of nitrogens with zero attached hydrogens (tertiary/aromatic N) is 4. The van der Waals surface area contributed by atoms with Crippen molar-refractivity contribution in [2.45, 2.75) is 38.6 Å². The molecule has 1 fully saturated rings. The summed E-state index contributed by atoms with van der Waals surface area (Å²) in [5, 5.41) is 4.37. The summed E-state index contributed by atoms with van der Waals surface area (Å²) in [6.07, 6.45) is 6.39. The maximum Gasteiger partial charge on any atom is 0.138 e. The maximum atomic E-state index is 5.20. The topological polar surface area (TPSA) is 43.2 Å². The first-order valence-electron chi connectivity index (χ1n) is 8.05. The summed E-state index contributed by atoms with van der Waals surface area (Å²) in [4.78, 5) is 7.01. The predicted molar refractivity (Wildman–Crippen MR) is 86.5 cm³/mol. The van der Waals surface area contributed by atoms with E-state index in [-0.39, 0.29) is 0 Å². The number of likely N-dealkylation sites (tertiary alicyclic amines) is 1. The van der Waals surface area contributed by atoms with Crippen molar-refractivity contribution in [1.82, 2.24) is 19.7 Å². The highest BCUT2D eigenvalue weighted by Crippen LogP contribution is 2.18. The second-order valence-electron chi connectivity index (χ2n) is 5.92. The molecule has 118 valence electrons. The standard InChI is InChI=1S/C17H24N4O/c1-14(20-11-3-4-12-20)5-10-17-18-13-19-21(17)15-6-8-16(22-2)9-7-15/h6-9,13-14H,3-5,10-12H2,1-2H3/t14-/m0/s1. The molecule has 0 aliphatic carbocycles. The average Bonchev–Trinajstić information content (AvgIpc) is 3.24. The zero-order valence-corrected chi connectivity index (χ0v) is 13.4. The molecule has 2 heterocycles. The second kappa shape index (κ2) is 6.92. The summed E-state index contributed by atoms with van der Waals surface area (Å²) in [5.74, 6) is 1.88. The number of hydrogen-bond acceptors (Lipinski definition) is 4. The fraction of sp³-hybridized carbons (Fsp3) is 0.529. The van der Waals surface area contributed by atoms with E-state index in [4.69, 9.17) is 4.74 Å². The lowest BCUT2D eigenvalue weighted by molar-refractivity contribution is 0.246. The van der Waals surface area contributed by atoms with Gasteiger partial charge in [-0.15, -0.1) is 0 Å². The van der Waals surface area contributed by atoms with Crippen molar-refractivity contribution in [2.75, 3.05) is 20.2 Å². The minimum atomic E-state index is 0.614. The molecule has 1 aromatic heterocycles. The third-order valence-electron chi connectivity index (χ3n) is 4.49. The van der Waals surface area contributed by atoms with Gasteiger partial charge in [0.1, 0.15) is 17.9 Å². The largest absolute Gasteiger partial charge is 0.497 e. The Labute approximate surface area is 131 Å². The van der Waals surface area contributed by atoms with Crippen molar-refractivity contribution >= 4 is 0 Å². The van der Waals surface area contributed by atoms with Gasteiger partial charge < -0.3 is 9.64 Å². The molecule has 0 unspecified atom stereocenters. The van der Waals surface area contributed by atoms with E-state index in [1.54, 1.807) is 13.4 Å². The van der Waals surface area contributed by atoms with Gasteiger partial charge in [-0.3, -0.25) is 0 Å². The summed E-state index contributed by atoms with van der Waals surface area (Å²) in [5.41, 5.74) is 1.03. The third-order valence-corrected chi connectivity index (χ3v) is 4.49. The summed E-state index contributed by atoms with van der Waals surface area (Å²) in [6.45, 7) is 4.80. The monoisotopic (exact) mass is 300 g/mol. The summed E-state index contributed by atoms with van der Waals surface area (Å²) >= 11 is 0. The van der Waals surface area contributed by atoms with Crippen LogP contribution >= 0.6 is 0 Å². The van der Waals surface area contributed by atoms with E-state index >= 15 is 0 Å². The van der Waals surface area contributed by atoms with Gasteiger partial charge in [-0.25, -0.2) is 9.67 Å². The van der Waals surface area contributed by atoms with Gasteiger partial charge in [0.05, 0.1) is 12.8 Å². The summed E-state index contributed by atoms with van der Waals surface area (Å²) in [7, 11) is 1.68. The van der Waals surface area contributed by atoms with Crippen molar-refractivity contribution in [3.63, 3.8) is 0 Å². The highest BCUT2D eigenvalue weighted by Gasteiger charge is 2.18. The molecule has 1 aromatic carbocycles. The van der Waals surface area contributed by atoms with Gasteiger partial charge in [0.25, 0.3) is 0 Å². The zero-order valence-electron chi connectivity index (χ0n) is 13.4. The van der Waals surface area contributed by atoms with Crippen LogP contribution in [0.1, 0.15) is 32.0 Å². The zero-order chi connectivity index (χ0) is 15.4. The molecule has 1 saturated heterocycles. The van der Waals surface area contributed by atoms with E-state index in [0.717, 1.165) is 30.1 Å². The lowest BCUT2D eigenvalue weighted by Crippen LogP contribution is -2.30. The Hall–Kier alpha value is -1.88. The highest BCUT2D eigenvalue weighted by molar-refractivity contribution is 5.37. The Morgan fingerprint density at radius 3 is 2.59 bits per heavy atom. The van der Waals surface area contributed by atoms with Crippen molar-refractivity contribution in [3.8, 4) is 11.4 Å². The number of methoxy groups -OCH3 is 1. The van der Waals surface area contributed by atoms with Crippen LogP contribution in [-0.4, -0.2) is 45.9 Å². The number of ether oxygens (including phenoxy) is 1. The molecule has 3 rings (SSSR count). The van der Waals surface area contributed by atoms with Gasteiger partial charge in [0, 0.05) is 12.5 Å². The Balaban J connectivity index is 1.66. The molecular weight excluding hydrogens is 276 g/mol. The van der Waals surface area contributed by atoms with Crippen LogP contribution in [0.2, 0.25) is 0 Å². The molecule has 0 spiro atoms. The highest BCUT2D eigenvalue weighted by atomic mass is 16.5. The van der Waals surface area contributed by atoms with E-state index in [0.29, 0.717) is 6.04 Å². The van der Waals surface area contributed by atoms with Gasteiger partial charge >= 0.3 is 0 Å². The minimum absolute atomic E-state index is 0.614. The van der Waals surface area contributed by atoms with Crippen LogP contribution in [0.25, 0.3) is 5.69 Å². The second-order valence-corrected chi connectivity index (χ2v) is 5.92. The Morgan fingerprint density at radius 1 is 1.18 bits per heavy atom. The summed E-state index contributed by atoms with van der Waals surface area (Å²) in [6, 6.07) is 8.55. The molecule has 0 N–H and O–H groups in total. The lowest BCUT2D eigenvalue weighted by Gasteiger charge is -2.23. The van der Waals surface area contributed by atoms with E-state index < -0.39 is 0 Å². The van der Waals surface area contributed by atoms with E-state index in [2.05, 4.69) is 21.9 Å². The van der Waals surface area contributed by atoms with E-state index in [1.807, 2.05) is 28.9 Å². The van der Waals surface area contributed by atoms with Gasteiger partial charge in [-0.2, -0.15) is 5.10 Å². The fourth-order valence-electron chi connectivity index (χ4n) is 3.08. The molecule has 2 aromatic rings. The molecule has 0 bridgehead atoms. The normalized spacial score (nSPS) is 16.8. The first kappa shape index (κ1) is 15.0. The molecule has 5 nitrogen and oxygen atoms in total. The van der Waals surface area contributed by atoms with Crippen molar-refractivity contribution in [3.05, 3.63) is 36.4 Å². The first-order chi connectivity index (χ1) is 10.8. The number of rotatable bonds is 6. The maximum absolute atomic E-state index is 5.20. The van der Waals surface area contributed by atoms with Crippen molar-refractivity contribution in [2.24, 2.45) is 0 Å². The van der Waals surface area contributed by atoms with Crippen LogP contribution in [0.5, 0.6) is 5.75 Å². The Bertz CT molecular complexity index is 587. The molecular formula is C17H24N4O. The van der Waals surface area contributed by atoms with Gasteiger partial charge in [0.2, 0.25) is 0 Å². The van der Waals surface area contributed by atoms with Crippen LogP contribution in [0.15, 0.2) is 30.6 Å². The number of aryl methyl sites for hydroxylation is 1. The number of aromatic nitrogens is 3. The fourth-order valence-corrected chi connectivity index (χ4v) is 3.08. The molecule has 0 radical (unpaired) electrons. The van der Waals surface area contributed by atoms with Crippen LogP contribution in [0, 0.1) is 0 Å². The predicted octanol–water partition coefficient (Wildman–Crippen LogP) is 2.69. The van der Waals surface area contributed by atoms with Gasteiger partial charge in [-0.1, -0.05) is 0 Å². The van der Waals surface area contributed by atoms with E-state index in [9.17, 15) is 0 Å². The molecule has 1 aliphatic rings. The number of hydrogen-bond donors (Lipinski definition) is 0. The van der Waals surface area contributed by atoms with Crippen LogP contribution in [-0.2, 0) is 6.42 Å². The first-order valence-corrected chi connectivity index (χ1v) is 8.05. The van der Waals surface area contributed by atoms with Crippen molar-refractivity contribution < 1.29 is 4.74 Å². The SMILES string of the molecule is COc1ccc(-n2ncnc2CC[C@H](C)N2CCCC2)cc1. The summed E-state index contributed by atoms with van der Waals surface area (Å²) < 4.78 is 7.13. The van der Waals surface area contributed by atoms with Crippen molar-refractivity contribution in [1.29, 1.82) is 0 Å². The molecule has 1 aliphatic heterocycles. The molecule has 22 heavy (non-hydrogen) atoms. The molecule has 0 saturated carbocycles. The quantitative estimate of drug-likeness (QED) is 0.822. The minimum Gasteiger partial charge on any atom is -0.497 e. The van der Waals surface area contributed by atoms with Crippen LogP contribution in [0.4, 0.5) is 0 Å². The smallest absolute Gasteiger partial charge is 0.138 e. The van der Waals surface area contributed by atoms with Crippen LogP contribution < -0.4 is 4.74 Å². The molecule has 0 amide bonds. The molecule has 5 heteroatoms. The van der Waals surface area contributed by atoms with Crippen LogP contribution in [0.3, 0.4) is 0 Å². The van der Waals surface area contributed by atoms with E-state index in [1.165, 1.54) is 25.9 Å². The number of benzene rings is 1. The Kier molecular flexibility index (Phi) is 4.73. The molecule has 1 atom stereocenters.